The third kappa shape index (κ3) is 3.01. The van der Waals surface area contributed by atoms with E-state index in [1.807, 2.05) is 6.07 Å². The molecule has 0 amide bonds. The van der Waals surface area contributed by atoms with Gasteiger partial charge in [-0.05, 0) is 19.1 Å². The van der Waals surface area contributed by atoms with Crippen molar-refractivity contribution in [1.29, 1.82) is 0 Å². The van der Waals surface area contributed by atoms with E-state index in [0.717, 1.165) is 5.75 Å². The highest BCUT2D eigenvalue weighted by molar-refractivity contribution is 5.46. The van der Waals surface area contributed by atoms with Crippen molar-refractivity contribution in [3.8, 4) is 17.2 Å². The van der Waals surface area contributed by atoms with Gasteiger partial charge in [0.15, 0.2) is 11.5 Å². The lowest BCUT2D eigenvalue weighted by Gasteiger charge is -2.20. The first-order chi connectivity index (χ1) is 8.11. The van der Waals surface area contributed by atoms with Crippen LogP contribution in [0.15, 0.2) is 18.2 Å². The normalized spacial score (nSPS) is 16.6. The van der Waals surface area contributed by atoms with Crippen LogP contribution in [0.25, 0.3) is 0 Å². The van der Waals surface area contributed by atoms with E-state index < -0.39 is 5.60 Å². The van der Waals surface area contributed by atoms with Gasteiger partial charge in [-0.2, -0.15) is 0 Å². The number of fused-ring (bicyclic) bond motifs is 1. The van der Waals surface area contributed by atoms with Gasteiger partial charge in [0.05, 0.1) is 12.2 Å². The van der Waals surface area contributed by atoms with E-state index >= 15 is 0 Å². The summed E-state index contributed by atoms with van der Waals surface area (Å²) >= 11 is 0. The predicted octanol–water partition coefficient (Wildman–Crippen LogP) is 0.894. The molecule has 0 saturated carbocycles. The van der Waals surface area contributed by atoms with Gasteiger partial charge in [0, 0.05) is 19.0 Å². The predicted molar refractivity (Wildman–Crippen MR) is 62.4 cm³/mol. The Labute approximate surface area is 100 Å². The van der Waals surface area contributed by atoms with Crippen molar-refractivity contribution >= 4 is 0 Å². The van der Waals surface area contributed by atoms with Crippen molar-refractivity contribution in [2.45, 2.75) is 18.9 Å². The summed E-state index contributed by atoms with van der Waals surface area (Å²) in [5.74, 6) is 2.11. The zero-order chi connectivity index (χ0) is 12.3. The number of hydrogen-bond acceptors (Lipinski definition) is 5. The molecule has 0 spiro atoms. The maximum atomic E-state index is 9.71. The first kappa shape index (κ1) is 12.0. The second kappa shape index (κ2) is 4.81. The SMILES string of the molecule is CC(O)(CN)CCOc1ccc2c(c1)OCO2. The van der Waals surface area contributed by atoms with Gasteiger partial charge >= 0.3 is 0 Å². The fourth-order valence-electron chi connectivity index (χ4n) is 1.46. The number of nitrogens with two attached hydrogens (primary N) is 1. The number of aliphatic hydroxyl groups is 1. The van der Waals surface area contributed by atoms with E-state index in [2.05, 4.69) is 0 Å². The maximum absolute atomic E-state index is 9.71. The molecule has 0 bridgehead atoms. The molecule has 3 N–H and O–H groups in total. The lowest BCUT2D eigenvalue weighted by atomic mass is 10.0. The first-order valence-corrected chi connectivity index (χ1v) is 5.56. The van der Waals surface area contributed by atoms with Crippen molar-refractivity contribution in [3.63, 3.8) is 0 Å². The molecule has 1 unspecified atom stereocenters. The van der Waals surface area contributed by atoms with Crippen LogP contribution in [-0.2, 0) is 0 Å². The lowest BCUT2D eigenvalue weighted by molar-refractivity contribution is 0.0453. The van der Waals surface area contributed by atoms with Gasteiger partial charge < -0.3 is 25.1 Å². The fraction of sp³-hybridized carbons (Fsp3) is 0.500. The quantitative estimate of drug-likeness (QED) is 0.798. The standard InChI is InChI=1S/C12H17NO4/c1-12(14,7-13)4-5-15-9-2-3-10-11(6-9)17-8-16-10/h2-3,6,14H,4-5,7-8,13H2,1H3. The molecule has 17 heavy (non-hydrogen) atoms. The molecule has 1 heterocycles. The third-order valence-electron chi connectivity index (χ3n) is 2.69. The van der Waals surface area contributed by atoms with E-state index in [4.69, 9.17) is 19.9 Å². The molecule has 5 heteroatoms. The van der Waals surface area contributed by atoms with Crippen LogP contribution in [0.3, 0.4) is 0 Å². The molecule has 94 valence electrons. The van der Waals surface area contributed by atoms with Crippen molar-refractivity contribution < 1.29 is 19.3 Å². The van der Waals surface area contributed by atoms with Gasteiger partial charge in [0.1, 0.15) is 5.75 Å². The molecule has 0 aliphatic carbocycles. The van der Waals surface area contributed by atoms with Crippen LogP contribution in [0, 0.1) is 0 Å². The van der Waals surface area contributed by atoms with Gasteiger partial charge in [-0.25, -0.2) is 0 Å². The minimum atomic E-state index is -0.879. The summed E-state index contributed by atoms with van der Waals surface area (Å²) in [4.78, 5) is 0. The highest BCUT2D eigenvalue weighted by atomic mass is 16.7. The Kier molecular flexibility index (Phi) is 3.40. The number of benzene rings is 1. The summed E-state index contributed by atoms with van der Waals surface area (Å²) in [6, 6.07) is 5.39. The highest BCUT2D eigenvalue weighted by Crippen LogP contribution is 2.35. The topological polar surface area (TPSA) is 73.9 Å². The zero-order valence-electron chi connectivity index (χ0n) is 9.81. The van der Waals surface area contributed by atoms with Crippen LogP contribution in [0.1, 0.15) is 13.3 Å². The average molecular weight is 239 g/mol. The Hall–Kier alpha value is -1.46. The van der Waals surface area contributed by atoms with E-state index in [1.54, 1.807) is 19.1 Å². The first-order valence-electron chi connectivity index (χ1n) is 5.56. The highest BCUT2D eigenvalue weighted by Gasteiger charge is 2.18. The van der Waals surface area contributed by atoms with E-state index in [1.165, 1.54) is 0 Å². The van der Waals surface area contributed by atoms with Crippen LogP contribution >= 0.6 is 0 Å². The largest absolute Gasteiger partial charge is 0.493 e. The zero-order valence-corrected chi connectivity index (χ0v) is 9.81. The molecule has 1 aliphatic rings. The fourth-order valence-corrected chi connectivity index (χ4v) is 1.46. The lowest BCUT2D eigenvalue weighted by Crippen LogP contribution is -2.35. The smallest absolute Gasteiger partial charge is 0.231 e. The van der Waals surface area contributed by atoms with Crippen molar-refractivity contribution in [1.82, 2.24) is 0 Å². The van der Waals surface area contributed by atoms with Crippen LogP contribution in [0.2, 0.25) is 0 Å². The molecule has 0 fully saturated rings. The number of hydrogen-bond donors (Lipinski definition) is 2. The second-order valence-corrected chi connectivity index (χ2v) is 4.31. The minimum absolute atomic E-state index is 0.220. The summed E-state index contributed by atoms with van der Waals surface area (Å²) in [5, 5.41) is 9.71. The van der Waals surface area contributed by atoms with Gasteiger partial charge in [0.25, 0.3) is 0 Å². The summed E-state index contributed by atoms with van der Waals surface area (Å²) in [6.07, 6.45) is 0.484. The van der Waals surface area contributed by atoms with Gasteiger partial charge in [-0.3, -0.25) is 0 Å². The molecular formula is C12H17NO4. The Morgan fingerprint density at radius 2 is 2.18 bits per heavy atom. The van der Waals surface area contributed by atoms with Gasteiger partial charge in [-0.1, -0.05) is 0 Å². The molecule has 1 aromatic rings. The van der Waals surface area contributed by atoms with Crippen LogP contribution in [0.4, 0.5) is 0 Å². The third-order valence-corrected chi connectivity index (χ3v) is 2.69. The minimum Gasteiger partial charge on any atom is -0.493 e. The molecule has 0 saturated heterocycles. The number of rotatable bonds is 5. The van der Waals surface area contributed by atoms with Crippen LogP contribution in [0.5, 0.6) is 17.2 Å². The molecular weight excluding hydrogens is 222 g/mol. The molecule has 1 atom stereocenters. The Bertz CT molecular complexity index is 392. The molecule has 0 radical (unpaired) electrons. The van der Waals surface area contributed by atoms with Gasteiger partial charge in [0.2, 0.25) is 6.79 Å². The molecule has 1 aliphatic heterocycles. The summed E-state index contributed by atoms with van der Waals surface area (Å²) in [7, 11) is 0. The van der Waals surface area contributed by atoms with Crippen molar-refractivity contribution in [3.05, 3.63) is 18.2 Å². The van der Waals surface area contributed by atoms with E-state index in [0.29, 0.717) is 24.5 Å². The Balaban J connectivity index is 1.88. The second-order valence-electron chi connectivity index (χ2n) is 4.31. The van der Waals surface area contributed by atoms with E-state index in [-0.39, 0.29) is 13.3 Å². The monoisotopic (exact) mass is 239 g/mol. The summed E-state index contributed by atoms with van der Waals surface area (Å²) in [5.41, 5.74) is 4.54. The number of ether oxygens (including phenoxy) is 3. The van der Waals surface area contributed by atoms with Crippen molar-refractivity contribution in [2.75, 3.05) is 19.9 Å². The van der Waals surface area contributed by atoms with Gasteiger partial charge in [-0.15, -0.1) is 0 Å². The summed E-state index contributed by atoms with van der Waals surface area (Å²) < 4.78 is 15.9. The Morgan fingerprint density at radius 1 is 1.41 bits per heavy atom. The van der Waals surface area contributed by atoms with Crippen molar-refractivity contribution in [2.24, 2.45) is 5.73 Å². The van der Waals surface area contributed by atoms with E-state index in [9.17, 15) is 5.11 Å². The molecule has 2 rings (SSSR count). The maximum Gasteiger partial charge on any atom is 0.231 e. The summed E-state index contributed by atoms with van der Waals surface area (Å²) in [6.45, 7) is 2.57. The molecule has 0 aromatic heterocycles. The molecule has 5 nitrogen and oxygen atoms in total. The molecule has 1 aromatic carbocycles. The van der Waals surface area contributed by atoms with Crippen LogP contribution < -0.4 is 19.9 Å². The average Bonchev–Trinajstić information content (AvgIpc) is 2.76. The Morgan fingerprint density at radius 3 is 2.94 bits per heavy atom. The van der Waals surface area contributed by atoms with Crippen LogP contribution in [-0.4, -0.2) is 30.7 Å².